The first-order valence-electron chi connectivity index (χ1n) is 7.68. The first kappa shape index (κ1) is 20.0. The highest BCUT2D eigenvalue weighted by Crippen LogP contribution is 2.28. The number of rotatable bonds is 8. The predicted octanol–water partition coefficient (Wildman–Crippen LogP) is 2.63. The second-order valence-corrected chi connectivity index (χ2v) is 5.51. The molecule has 3 N–H and O–H groups in total. The molecule has 7 heteroatoms. The number of benzene rings is 1. The Balaban J connectivity index is 0.00000264. The van der Waals surface area contributed by atoms with Gasteiger partial charge in [-0.3, -0.25) is 4.99 Å². The molecule has 0 aliphatic heterocycles. The summed E-state index contributed by atoms with van der Waals surface area (Å²) in [5.74, 6) is 0.510. The van der Waals surface area contributed by atoms with Crippen LogP contribution in [-0.4, -0.2) is 37.9 Å². The second kappa shape index (κ2) is 10.6. The Labute approximate surface area is 153 Å². The standard InChI is InChI=1S/C16H24FN3O2.HI/c1-18-16(19-7-2-8-22-11-12-3-4-12)20-10-13-5-6-15(21)14(17)9-13;/h5-6,9,12,21H,2-4,7-8,10-11H2,1H3,(H2,18,19,20);1H. The molecule has 0 aromatic heterocycles. The molecule has 0 unspecified atom stereocenters. The van der Waals surface area contributed by atoms with E-state index in [-0.39, 0.29) is 29.7 Å². The number of nitrogens with zero attached hydrogens (tertiary/aromatic N) is 1. The van der Waals surface area contributed by atoms with Crippen LogP contribution in [0.1, 0.15) is 24.8 Å². The van der Waals surface area contributed by atoms with E-state index >= 15 is 0 Å². The van der Waals surface area contributed by atoms with Crippen LogP contribution in [0.3, 0.4) is 0 Å². The lowest BCUT2D eigenvalue weighted by Gasteiger charge is -2.12. The molecule has 2 rings (SSSR count). The molecule has 1 aliphatic rings. The van der Waals surface area contributed by atoms with Gasteiger partial charge in [0.25, 0.3) is 0 Å². The molecule has 0 spiro atoms. The number of ether oxygens (including phenoxy) is 1. The molecule has 1 aromatic carbocycles. The van der Waals surface area contributed by atoms with Crippen LogP contribution in [0.25, 0.3) is 0 Å². The van der Waals surface area contributed by atoms with Crippen molar-refractivity contribution >= 4 is 29.9 Å². The zero-order valence-corrected chi connectivity index (χ0v) is 15.7. The summed E-state index contributed by atoms with van der Waals surface area (Å²) < 4.78 is 18.8. The molecule has 1 saturated carbocycles. The van der Waals surface area contributed by atoms with Crippen LogP contribution >= 0.6 is 24.0 Å². The fourth-order valence-corrected chi connectivity index (χ4v) is 1.98. The van der Waals surface area contributed by atoms with Gasteiger partial charge in [-0.2, -0.15) is 0 Å². The molecule has 130 valence electrons. The molecular formula is C16H25FIN3O2. The lowest BCUT2D eigenvalue weighted by molar-refractivity contribution is 0.123. The summed E-state index contributed by atoms with van der Waals surface area (Å²) in [6.45, 7) is 2.85. The molecule has 23 heavy (non-hydrogen) atoms. The second-order valence-electron chi connectivity index (χ2n) is 5.51. The van der Waals surface area contributed by atoms with Crippen LogP contribution in [0.4, 0.5) is 4.39 Å². The Morgan fingerprint density at radius 1 is 1.39 bits per heavy atom. The van der Waals surface area contributed by atoms with Crippen molar-refractivity contribution in [3.63, 3.8) is 0 Å². The number of aromatic hydroxyl groups is 1. The van der Waals surface area contributed by atoms with Crippen molar-refractivity contribution in [3.8, 4) is 5.75 Å². The largest absolute Gasteiger partial charge is 0.505 e. The van der Waals surface area contributed by atoms with Gasteiger partial charge in [0.2, 0.25) is 0 Å². The highest BCUT2D eigenvalue weighted by molar-refractivity contribution is 14.0. The van der Waals surface area contributed by atoms with Crippen molar-refractivity contribution in [2.75, 3.05) is 26.8 Å². The third-order valence-electron chi connectivity index (χ3n) is 3.50. The number of aliphatic imine (C=N–C) groups is 1. The number of halogens is 2. The maximum atomic E-state index is 13.2. The Morgan fingerprint density at radius 3 is 2.83 bits per heavy atom. The van der Waals surface area contributed by atoms with Gasteiger partial charge in [-0.25, -0.2) is 4.39 Å². The predicted molar refractivity (Wildman–Crippen MR) is 99.8 cm³/mol. The zero-order chi connectivity index (χ0) is 15.8. The van der Waals surface area contributed by atoms with E-state index in [1.807, 2.05) is 0 Å². The van der Waals surface area contributed by atoms with Crippen LogP contribution in [0.2, 0.25) is 0 Å². The van der Waals surface area contributed by atoms with E-state index < -0.39 is 5.82 Å². The van der Waals surface area contributed by atoms with Gasteiger partial charge in [0, 0.05) is 33.4 Å². The molecule has 1 aromatic rings. The van der Waals surface area contributed by atoms with Gasteiger partial charge >= 0.3 is 0 Å². The van der Waals surface area contributed by atoms with Gasteiger partial charge in [-0.15, -0.1) is 24.0 Å². The minimum atomic E-state index is -0.616. The van der Waals surface area contributed by atoms with Crippen LogP contribution in [0.15, 0.2) is 23.2 Å². The summed E-state index contributed by atoms with van der Waals surface area (Å²) >= 11 is 0. The Kier molecular flexibility index (Phi) is 9.23. The van der Waals surface area contributed by atoms with Crippen LogP contribution in [-0.2, 0) is 11.3 Å². The van der Waals surface area contributed by atoms with Crippen LogP contribution in [0.5, 0.6) is 5.75 Å². The van der Waals surface area contributed by atoms with E-state index in [1.54, 1.807) is 13.1 Å². The first-order chi connectivity index (χ1) is 10.7. The third-order valence-corrected chi connectivity index (χ3v) is 3.50. The number of guanidine groups is 1. The molecule has 0 amide bonds. The summed E-state index contributed by atoms with van der Waals surface area (Å²) in [5.41, 5.74) is 0.742. The SMILES string of the molecule is CN=C(NCCCOCC1CC1)NCc1ccc(O)c(F)c1.I. The van der Waals surface area contributed by atoms with E-state index in [2.05, 4.69) is 15.6 Å². The molecule has 0 heterocycles. The summed E-state index contributed by atoms with van der Waals surface area (Å²) in [7, 11) is 1.69. The average molecular weight is 437 g/mol. The quantitative estimate of drug-likeness (QED) is 0.253. The molecule has 0 bridgehead atoms. The van der Waals surface area contributed by atoms with Crippen molar-refractivity contribution in [2.45, 2.75) is 25.8 Å². The number of nitrogens with one attached hydrogen (secondary N) is 2. The molecule has 5 nitrogen and oxygen atoms in total. The first-order valence-corrected chi connectivity index (χ1v) is 7.68. The minimum Gasteiger partial charge on any atom is -0.505 e. The van der Waals surface area contributed by atoms with Gasteiger partial charge < -0.3 is 20.5 Å². The van der Waals surface area contributed by atoms with Crippen molar-refractivity contribution in [3.05, 3.63) is 29.6 Å². The van der Waals surface area contributed by atoms with E-state index in [0.29, 0.717) is 12.5 Å². The van der Waals surface area contributed by atoms with E-state index in [1.165, 1.54) is 25.0 Å². The van der Waals surface area contributed by atoms with Gasteiger partial charge in [0.15, 0.2) is 17.5 Å². The van der Waals surface area contributed by atoms with E-state index in [0.717, 1.165) is 37.7 Å². The topological polar surface area (TPSA) is 65.9 Å². The monoisotopic (exact) mass is 437 g/mol. The molecule has 0 radical (unpaired) electrons. The van der Waals surface area contributed by atoms with Crippen molar-refractivity contribution in [2.24, 2.45) is 10.9 Å². The maximum absolute atomic E-state index is 13.2. The lowest BCUT2D eigenvalue weighted by atomic mass is 10.2. The molecule has 0 atom stereocenters. The number of phenolic OH excluding ortho intramolecular Hbond substituents is 1. The summed E-state index contributed by atoms with van der Waals surface area (Å²) in [4.78, 5) is 4.11. The highest BCUT2D eigenvalue weighted by Gasteiger charge is 2.20. The van der Waals surface area contributed by atoms with Crippen LogP contribution < -0.4 is 10.6 Å². The Hall–Kier alpha value is -1.09. The van der Waals surface area contributed by atoms with Gasteiger partial charge in [-0.05, 0) is 42.9 Å². The summed E-state index contributed by atoms with van der Waals surface area (Å²) in [6, 6.07) is 4.32. The Bertz CT molecular complexity index is 510. The zero-order valence-electron chi connectivity index (χ0n) is 13.3. The maximum Gasteiger partial charge on any atom is 0.191 e. The number of hydrogen-bond donors (Lipinski definition) is 3. The van der Waals surface area contributed by atoms with E-state index in [4.69, 9.17) is 9.84 Å². The Morgan fingerprint density at radius 2 is 2.17 bits per heavy atom. The summed E-state index contributed by atoms with van der Waals surface area (Å²) in [5, 5.41) is 15.4. The molecule has 0 saturated heterocycles. The molecular weight excluding hydrogens is 412 g/mol. The highest BCUT2D eigenvalue weighted by atomic mass is 127. The fourth-order valence-electron chi connectivity index (χ4n) is 1.98. The van der Waals surface area contributed by atoms with Crippen LogP contribution in [0, 0.1) is 11.7 Å². The smallest absolute Gasteiger partial charge is 0.191 e. The fraction of sp³-hybridized carbons (Fsp3) is 0.562. The third kappa shape index (κ3) is 7.83. The van der Waals surface area contributed by atoms with Crippen molar-refractivity contribution in [1.29, 1.82) is 0 Å². The van der Waals surface area contributed by atoms with Crippen molar-refractivity contribution in [1.82, 2.24) is 10.6 Å². The molecule has 1 aliphatic carbocycles. The minimum absolute atomic E-state index is 0. The number of phenols is 1. The number of hydrogen-bond acceptors (Lipinski definition) is 3. The van der Waals surface area contributed by atoms with Crippen molar-refractivity contribution < 1.29 is 14.2 Å². The molecule has 1 fully saturated rings. The van der Waals surface area contributed by atoms with E-state index in [9.17, 15) is 4.39 Å². The lowest BCUT2D eigenvalue weighted by Crippen LogP contribution is -2.37. The normalized spacial score (nSPS) is 14.3. The van der Waals surface area contributed by atoms with Gasteiger partial charge in [-0.1, -0.05) is 6.07 Å². The average Bonchev–Trinajstić information content (AvgIpc) is 3.33. The van der Waals surface area contributed by atoms with Gasteiger partial charge in [0.05, 0.1) is 0 Å². The van der Waals surface area contributed by atoms with Gasteiger partial charge in [0.1, 0.15) is 0 Å². The summed E-state index contributed by atoms with van der Waals surface area (Å²) in [6.07, 6.45) is 3.54.